The van der Waals surface area contributed by atoms with Gasteiger partial charge in [-0.2, -0.15) is 4.98 Å². The summed E-state index contributed by atoms with van der Waals surface area (Å²) in [5, 5.41) is 0. The van der Waals surface area contributed by atoms with Gasteiger partial charge in [-0.15, -0.1) is 0 Å². The van der Waals surface area contributed by atoms with E-state index in [1.807, 2.05) is 13.8 Å². The summed E-state index contributed by atoms with van der Waals surface area (Å²) in [5.74, 6) is 0.403. The molecular weight excluding hydrogens is 207 g/mol. The van der Waals surface area contributed by atoms with Crippen LogP contribution < -0.4 is 5.73 Å². The van der Waals surface area contributed by atoms with Crippen LogP contribution in [-0.2, 0) is 0 Å². The van der Waals surface area contributed by atoms with Gasteiger partial charge >= 0.3 is 0 Å². The molecule has 0 aliphatic rings. The van der Waals surface area contributed by atoms with E-state index in [0.717, 1.165) is 0 Å². The van der Waals surface area contributed by atoms with Crippen molar-refractivity contribution in [1.29, 1.82) is 0 Å². The normalized spacial score (nSPS) is 11.0. The van der Waals surface area contributed by atoms with E-state index in [4.69, 9.17) is 10.2 Å². The fourth-order valence-electron chi connectivity index (χ4n) is 1.59. The van der Waals surface area contributed by atoms with Gasteiger partial charge in [0.05, 0.1) is 0 Å². The summed E-state index contributed by atoms with van der Waals surface area (Å²) in [5.41, 5.74) is 6.42. The summed E-state index contributed by atoms with van der Waals surface area (Å²) in [7, 11) is 0. The molecule has 0 saturated heterocycles. The average Bonchev–Trinajstić information content (AvgIpc) is 2.61. The Labute approximate surface area is 93.1 Å². The van der Waals surface area contributed by atoms with Gasteiger partial charge in [-0.25, -0.2) is 4.39 Å². The zero-order chi connectivity index (χ0) is 11.7. The largest absolute Gasteiger partial charge is 0.428 e. The number of anilines is 1. The van der Waals surface area contributed by atoms with Crippen LogP contribution in [-0.4, -0.2) is 4.98 Å². The molecule has 1 heterocycles. The number of nitrogens with two attached hydrogens (primary N) is 1. The van der Waals surface area contributed by atoms with Crippen LogP contribution in [0.2, 0.25) is 0 Å². The molecule has 2 N–H and O–H groups in total. The van der Waals surface area contributed by atoms with E-state index in [-0.39, 0.29) is 17.7 Å². The lowest BCUT2D eigenvalue weighted by molar-refractivity contribution is 0.500. The predicted octanol–water partition coefficient (Wildman–Crippen LogP) is 3.19. The third-order valence-electron chi connectivity index (χ3n) is 2.32. The van der Waals surface area contributed by atoms with Gasteiger partial charge in [-0.1, -0.05) is 26.0 Å². The first-order valence-electron chi connectivity index (χ1n) is 5.10. The molecule has 0 radical (unpaired) electrons. The number of oxazole rings is 1. The quantitative estimate of drug-likeness (QED) is 0.845. The number of nitrogen functional groups attached to an aromatic ring is 1. The van der Waals surface area contributed by atoms with Gasteiger partial charge in [-0.05, 0) is 12.1 Å². The molecule has 0 fully saturated rings. The van der Waals surface area contributed by atoms with Crippen LogP contribution in [0.5, 0.6) is 0 Å². The standard InChI is InChI=1S/C12H13FN2O/c1-7(2)11-10(15-12(14)16-11)8-5-3-4-6-9(8)13/h3-7H,1-2H3,(H2,14,15). The van der Waals surface area contributed by atoms with E-state index in [0.29, 0.717) is 17.0 Å². The van der Waals surface area contributed by atoms with Gasteiger partial charge in [-0.3, -0.25) is 0 Å². The van der Waals surface area contributed by atoms with E-state index in [1.54, 1.807) is 18.2 Å². The maximum absolute atomic E-state index is 13.6. The molecular formula is C12H13FN2O. The van der Waals surface area contributed by atoms with Gasteiger partial charge in [0.25, 0.3) is 6.01 Å². The molecule has 1 aromatic heterocycles. The number of nitrogens with zero attached hydrogens (tertiary/aromatic N) is 1. The highest BCUT2D eigenvalue weighted by Crippen LogP contribution is 2.31. The van der Waals surface area contributed by atoms with Gasteiger partial charge in [0.1, 0.15) is 17.3 Å². The van der Waals surface area contributed by atoms with Gasteiger partial charge in [0.2, 0.25) is 0 Å². The van der Waals surface area contributed by atoms with E-state index in [1.165, 1.54) is 6.07 Å². The second-order valence-electron chi connectivity index (χ2n) is 3.90. The van der Waals surface area contributed by atoms with Gasteiger partial charge in [0, 0.05) is 11.5 Å². The minimum atomic E-state index is -0.322. The number of benzene rings is 1. The minimum Gasteiger partial charge on any atom is -0.428 e. The third-order valence-corrected chi connectivity index (χ3v) is 2.32. The van der Waals surface area contributed by atoms with Crippen molar-refractivity contribution in [3.05, 3.63) is 35.8 Å². The lowest BCUT2D eigenvalue weighted by Gasteiger charge is -2.04. The molecule has 3 nitrogen and oxygen atoms in total. The summed E-state index contributed by atoms with van der Waals surface area (Å²) >= 11 is 0. The van der Waals surface area contributed by atoms with Crippen LogP contribution in [0.25, 0.3) is 11.3 Å². The van der Waals surface area contributed by atoms with Crippen LogP contribution in [0.3, 0.4) is 0 Å². The SMILES string of the molecule is CC(C)c1oc(N)nc1-c1ccccc1F. The molecule has 2 aromatic rings. The highest BCUT2D eigenvalue weighted by atomic mass is 19.1. The van der Waals surface area contributed by atoms with Crippen molar-refractivity contribution in [2.75, 3.05) is 5.73 Å². The summed E-state index contributed by atoms with van der Waals surface area (Å²) in [6, 6.07) is 6.52. The Morgan fingerprint density at radius 2 is 2.00 bits per heavy atom. The van der Waals surface area contributed by atoms with E-state index >= 15 is 0 Å². The fraction of sp³-hybridized carbons (Fsp3) is 0.250. The van der Waals surface area contributed by atoms with Crippen molar-refractivity contribution < 1.29 is 8.81 Å². The first kappa shape index (κ1) is 10.7. The van der Waals surface area contributed by atoms with Crippen molar-refractivity contribution >= 4 is 6.01 Å². The van der Waals surface area contributed by atoms with Crippen molar-refractivity contribution in [2.45, 2.75) is 19.8 Å². The average molecular weight is 220 g/mol. The molecule has 1 aromatic carbocycles. The topological polar surface area (TPSA) is 52.0 Å². The Bertz CT molecular complexity index is 505. The molecule has 4 heteroatoms. The van der Waals surface area contributed by atoms with E-state index < -0.39 is 0 Å². The second-order valence-corrected chi connectivity index (χ2v) is 3.90. The minimum absolute atomic E-state index is 0.0713. The molecule has 0 unspecified atom stereocenters. The molecule has 0 amide bonds. The van der Waals surface area contributed by atoms with Crippen LogP contribution in [0.1, 0.15) is 25.5 Å². The Morgan fingerprint density at radius 3 is 2.62 bits per heavy atom. The lowest BCUT2D eigenvalue weighted by Crippen LogP contribution is -1.91. The molecule has 84 valence electrons. The molecule has 0 bridgehead atoms. The fourth-order valence-corrected chi connectivity index (χ4v) is 1.59. The van der Waals surface area contributed by atoms with Crippen molar-refractivity contribution in [2.24, 2.45) is 0 Å². The first-order valence-corrected chi connectivity index (χ1v) is 5.10. The van der Waals surface area contributed by atoms with Crippen molar-refractivity contribution in [3.63, 3.8) is 0 Å². The Kier molecular flexibility index (Phi) is 2.64. The second kappa shape index (κ2) is 3.96. The number of hydrogen-bond acceptors (Lipinski definition) is 3. The summed E-state index contributed by atoms with van der Waals surface area (Å²) in [6.45, 7) is 3.90. The zero-order valence-corrected chi connectivity index (χ0v) is 9.20. The Balaban J connectivity index is 2.60. The summed E-state index contributed by atoms with van der Waals surface area (Å²) in [4.78, 5) is 4.03. The molecule has 16 heavy (non-hydrogen) atoms. The number of rotatable bonds is 2. The number of hydrogen-bond donors (Lipinski definition) is 1. The van der Waals surface area contributed by atoms with Crippen LogP contribution in [0.4, 0.5) is 10.4 Å². The molecule has 0 atom stereocenters. The first-order chi connectivity index (χ1) is 7.59. The predicted molar refractivity (Wildman–Crippen MR) is 60.4 cm³/mol. The van der Waals surface area contributed by atoms with E-state index in [9.17, 15) is 4.39 Å². The highest BCUT2D eigenvalue weighted by molar-refractivity contribution is 5.63. The molecule has 0 aliphatic heterocycles. The molecule has 2 rings (SSSR count). The Hall–Kier alpha value is -1.84. The van der Waals surface area contributed by atoms with Crippen LogP contribution >= 0.6 is 0 Å². The van der Waals surface area contributed by atoms with Crippen molar-refractivity contribution in [1.82, 2.24) is 4.98 Å². The van der Waals surface area contributed by atoms with Gasteiger partial charge < -0.3 is 10.2 Å². The van der Waals surface area contributed by atoms with E-state index in [2.05, 4.69) is 4.98 Å². The third kappa shape index (κ3) is 1.78. The lowest BCUT2D eigenvalue weighted by atomic mass is 10.0. The monoisotopic (exact) mass is 220 g/mol. The van der Waals surface area contributed by atoms with Crippen LogP contribution in [0, 0.1) is 5.82 Å². The summed E-state index contributed by atoms with van der Waals surface area (Å²) < 4.78 is 18.9. The summed E-state index contributed by atoms with van der Waals surface area (Å²) in [6.07, 6.45) is 0. The van der Waals surface area contributed by atoms with Crippen molar-refractivity contribution in [3.8, 4) is 11.3 Å². The highest BCUT2D eigenvalue weighted by Gasteiger charge is 2.18. The maximum Gasteiger partial charge on any atom is 0.292 e. The zero-order valence-electron chi connectivity index (χ0n) is 9.20. The molecule has 0 aliphatic carbocycles. The number of halogens is 1. The van der Waals surface area contributed by atoms with Crippen LogP contribution in [0.15, 0.2) is 28.7 Å². The molecule has 0 saturated carbocycles. The van der Waals surface area contributed by atoms with Gasteiger partial charge in [0.15, 0.2) is 0 Å². The smallest absolute Gasteiger partial charge is 0.292 e. The number of aromatic nitrogens is 1. The molecule has 0 spiro atoms. The Morgan fingerprint density at radius 1 is 1.31 bits per heavy atom. The maximum atomic E-state index is 13.6.